The van der Waals surface area contributed by atoms with Crippen LogP contribution in [0, 0.1) is 11.8 Å². The average Bonchev–Trinajstić information content (AvgIpc) is 3.23. The molecule has 0 amide bonds. The Bertz CT molecular complexity index is 724. The molecule has 7 heteroatoms. The minimum absolute atomic E-state index is 0.00703. The molecular formula is C21H29NO4S2. The molecule has 1 aliphatic carbocycles. The lowest BCUT2D eigenvalue weighted by Crippen LogP contribution is -2.22. The van der Waals surface area contributed by atoms with Crippen molar-refractivity contribution in [2.75, 3.05) is 5.75 Å². The number of hydrogen-bond donors (Lipinski definition) is 2. The van der Waals surface area contributed by atoms with E-state index < -0.39 is 11.6 Å². The third kappa shape index (κ3) is 7.18. The standard InChI is InChI=1S/C21H29NO4S2/c1-3-4-5-11-21(2,26)12-6-7-15-8-9-18(23)16(15)10-13-27-20-22-17(14-28-20)19(24)25/h4-7,14-16,26H,3,8-13H2,1-2H3,(H,24,25)/b5-4+,7-6+/t15-,16-,21?/m1/s1. The summed E-state index contributed by atoms with van der Waals surface area (Å²) in [5, 5.41) is 20.9. The Kier molecular flexibility index (Phi) is 8.92. The van der Waals surface area contributed by atoms with Crippen LogP contribution in [0.2, 0.25) is 0 Å². The zero-order chi connectivity index (χ0) is 20.6. The second-order valence-corrected chi connectivity index (χ2v) is 9.63. The summed E-state index contributed by atoms with van der Waals surface area (Å²) in [6, 6.07) is 0. The lowest BCUT2D eigenvalue weighted by atomic mass is 9.91. The van der Waals surface area contributed by atoms with Crippen molar-refractivity contribution in [3.8, 4) is 0 Å². The van der Waals surface area contributed by atoms with Crippen molar-refractivity contribution >= 4 is 34.9 Å². The number of Topliss-reactive ketones (excluding diaryl/α,β-unsaturated/α-hetero) is 1. The smallest absolute Gasteiger partial charge is 0.355 e. The van der Waals surface area contributed by atoms with E-state index in [2.05, 4.69) is 24.1 Å². The molecule has 154 valence electrons. The number of ketones is 1. The van der Waals surface area contributed by atoms with Crippen molar-refractivity contribution in [2.45, 2.75) is 62.3 Å². The predicted octanol–water partition coefficient (Wildman–Crippen LogP) is 4.97. The van der Waals surface area contributed by atoms with Crippen LogP contribution in [-0.4, -0.2) is 38.3 Å². The second kappa shape index (κ2) is 10.9. The molecule has 0 saturated heterocycles. The number of carbonyl (C=O) groups is 2. The van der Waals surface area contributed by atoms with E-state index in [9.17, 15) is 14.7 Å². The van der Waals surface area contributed by atoms with E-state index in [4.69, 9.17) is 5.11 Å². The van der Waals surface area contributed by atoms with Crippen molar-refractivity contribution in [2.24, 2.45) is 11.8 Å². The number of nitrogens with zero attached hydrogens (tertiary/aromatic N) is 1. The van der Waals surface area contributed by atoms with Gasteiger partial charge in [-0.25, -0.2) is 9.78 Å². The number of aliphatic hydroxyl groups is 1. The number of carbonyl (C=O) groups excluding carboxylic acids is 1. The van der Waals surface area contributed by atoms with Gasteiger partial charge in [-0.05, 0) is 44.9 Å². The minimum atomic E-state index is -1.01. The van der Waals surface area contributed by atoms with Gasteiger partial charge in [0.15, 0.2) is 10.0 Å². The van der Waals surface area contributed by atoms with E-state index in [-0.39, 0.29) is 17.5 Å². The van der Waals surface area contributed by atoms with Crippen LogP contribution in [-0.2, 0) is 4.79 Å². The van der Waals surface area contributed by atoms with Gasteiger partial charge in [-0.3, -0.25) is 4.79 Å². The molecule has 1 aromatic heterocycles. The summed E-state index contributed by atoms with van der Waals surface area (Å²) in [7, 11) is 0. The van der Waals surface area contributed by atoms with Crippen LogP contribution in [0.1, 0.15) is 62.9 Å². The molecule has 1 heterocycles. The van der Waals surface area contributed by atoms with Crippen molar-refractivity contribution < 1.29 is 19.8 Å². The van der Waals surface area contributed by atoms with E-state index in [0.717, 1.165) is 29.4 Å². The van der Waals surface area contributed by atoms with E-state index in [0.29, 0.717) is 25.0 Å². The highest BCUT2D eigenvalue weighted by molar-refractivity contribution is 8.01. The lowest BCUT2D eigenvalue weighted by molar-refractivity contribution is -0.121. The van der Waals surface area contributed by atoms with Gasteiger partial charge in [-0.2, -0.15) is 0 Å². The Hall–Kier alpha value is -1.44. The number of hydrogen-bond acceptors (Lipinski definition) is 6. The van der Waals surface area contributed by atoms with Gasteiger partial charge < -0.3 is 10.2 Å². The van der Waals surface area contributed by atoms with E-state index in [1.54, 1.807) is 5.38 Å². The SMILES string of the molecule is CC/C=C/CC(C)(O)C/C=C/[C@@H]1CCC(=O)[C@@H]1CCSc1nc(C(=O)O)cs1. The van der Waals surface area contributed by atoms with E-state index in [1.807, 2.05) is 19.1 Å². The Balaban J connectivity index is 1.82. The van der Waals surface area contributed by atoms with Crippen LogP contribution in [0.25, 0.3) is 0 Å². The molecule has 0 spiro atoms. The first kappa shape index (κ1) is 22.8. The maximum atomic E-state index is 12.3. The number of carboxylic acids is 1. The van der Waals surface area contributed by atoms with Gasteiger partial charge in [0.1, 0.15) is 5.78 Å². The van der Waals surface area contributed by atoms with Gasteiger partial charge in [-0.15, -0.1) is 11.3 Å². The molecule has 3 atom stereocenters. The van der Waals surface area contributed by atoms with Gasteiger partial charge in [0.2, 0.25) is 0 Å². The van der Waals surface area contributed by atoms with Crippen molar-refractivity contribution in [3.05, 3.63) is 35.4 Å². The maximum absolute atomic E-state index is 12.3. The van der Waals surface area contributed by atoms with E-state index in [1.165, 1.54) is 23.1 Å². The maximum Gasteiger partial charge on any atom is 0.355 e. The zero-order valence-corrected chi connectivity index (χ0v) is 18.1. The topological polar surface area (TPSA) is 87.5 Å². The number of rotatable bonds is 11. The number of aromatic nitrogens is 1. The van der Waals surface area contributed by atoms with Crippen LogP contribution >= 0.6 is 23.1 Å². The molecule has 0 bridgehead atoms. The number of allylic oxidation sites excluding steroid dienone is 2. The van der Waals surface area contributed by atoms with Crippen LogP contribution < -0.4 is 0 Å². The predicted molar refractivity (Wildman–Crippen MR) is 114 cm³/mol. The fourth-order valence-corrected chi connectivity index (χ4v) is 5.21. The summed E-state index contributed by atoms with van der Waals surface area (Å²) in [5.41, 5.74) is -0.686. The lowest BCUT2D eigenvalue weighted by Gasteiger charge is -2.20. The molecule has 1 unspecified atom stereocenters. The Morgan fingerprint density at radius 1 is 1.39 bits per heavy atom. The summed E-state index contributed by atoms with van der Waals surface area (Å²) in [6.45, 7) is 3.91. The van der Waals surface area contributed by atoms with Gasteiger partial charge in [0.05, 0.1) is 5.60 Å². The Labute approximate surface area is 175 Å². The van der Waals surface area contributed by atoms with Gasteiger partial charge in [-0.1, -0.05) is 43.0 Å². The molecule has 0 aliphatic heterocycles. The molecule has 0 radical (unpaired) electrons. The minimum Gasteiger partial charge on any atom is -0.476 e. The summed E-state index contributed by atoms with van der Waals surface area (Å²) in [4.78, 5) is 27.2. The van der Waals surface area contributed by atoms with Gasteiger partial charge >= 0.3 is 5.97 Å². The first-order valence-corrected chi connectivity index (χ1v) is 11.6. The quantitative estimate of drug-likeness (QED) is 0.386. The first-order chi connectivity index (χ1) is 13.3. The fraction of sp³-hybridized carbons (Fsp3) is 0.571. The van der Waals surface area contributed by atoms with Gasteiger partial charge in [0, 0.05) is 23.5 Å². The van der Waals surface area contributed by atoms with Crippen LogP contribution in [0.4, 0.5) is 0 Å². The molecule has 1 fully saturated rings. The number of aromatic carboxylic acids is 1. The number of thiazole rings is 1. The summed E-state index contributed by atoms with van der Waals surface area (Å²) in [5.74, 6) is 0.263. The largest absolute Gasteiger partial charge is 0.476 e. The highest BCUT2D eigenvalue weighted by atomic mass is 32.2. The molecule has 5 nitrogen and oxygen atoms in total. The van der Waals surface area contributed by atoms with Crippen molar-refractivity contribution in [1.29, 1.82) is 0 Å². The molecule has 2 N–H and O–H groups in total. The zero-order valence-electron chi connectivity index (χ0n) is 16.5. The van der Waals surface area contributed by atoms with E-state index >= 15 is 0 Å². The van der Waals surface area contributed by atoms with Gasteiger partial charge in [0.25, 0.3) is 0 Å². The van der Waals surface area contributed by atoms with Crippen LogP contribution in [0.3, 0.4) is 0 Å². The summed E-state index contributed by atoms with van der Waals surface area (Å²) >= 11 is 2.83. The third-order valence-corrected chi connectivity index (χ3v) is 6.97. The molecule has 1 aromatic rings. The monoisotopic (exact) mass is 423 g/mol. The Morgan fingerprint density at radius 3 is 2.82 bits per heavy atom. The second-order valence-electron chi connectivity index (χ2n) is 7.43. The molecule has 1 saturated carbocycles. The molecular weight excluding hydrogens is 394 g/mol. The Morgan fingerprint density at radius 2 is 2.14 bits per heavy atom. The summed E-state index contributed by atoms with van der Waals surface area (Å²) < 4.78 is 0.728. The third-order valence-electron chi connectivity index (χ3n) is 4.91. The van der Waals surface area contributed by atoms with Crippen molar-refractivity contribution in [3.63, 3.8) is 0 Å². The average molecular weight is 424 g/mol. The summed E-state index contributed by atoms with van der Waals surface area (Å²) in [6.07, 6.45) is 12.6. The highest BCUT2D eigenvalue weighted by Gasteiger charge is 2.32. The highest BCUT2D eigenvalue weighted by Crippen LogP contribution is 2.35. The normalized spacial score (nSPS) is 22.3. The van der Waals surface area contributed by atoms with Crippen LogP contribution in [0.5, 0.6) is 0 Å². The number of thioether (sulfide) groups is 1. The molecule has 28 heavy (non-hydrogen) atoms. The van der Waals surface area contributed by atoms with Crippen LogP contribution in [0.15, 0.2) is 34.0 Å². The molecule has 2 rings (SSSR count). The molecule has 1 aliphatic rings. The number of carboxylic acid groups (broad SMARTS) is 1. The van der Waals surface area contributed by atoms with Crippen molar-refractivity contribution in [1.82, 2.24) is 4.98 Å². The fourth-order valence-electron chi connectivity index (χ4n) is 3.32. The first-order valence-electron chi connectivity index (χ1n) is 9.70. The molecule has 0 aromatic carbocycles.